The Morgan fingerprint density at radius 1 is 1.22 bits per heavy atom. The van der Waals surface area contributed by atoms with E-state index in [0.29, 0.717) is 35.1 Å². The van der Waals surface area contributed by atoms with E-state index in [1.54, 1.807) is 0 Å². The molecule has 0 spiro atoms. The standard InChI is InChI=1S/C24H31ClN8O3S/c1-16-12-17-4-5-19(13-18(17)6-9-33(16)10-11-34)30-24-29-14-20(25)22(31-24)28-15-21-23(27-8-7-26-21)32(2)37(3,35)36/h4-5,7-8,13-14,16,34H,6,9-12,15H2,1-3H3,(H2,28,29,30,31). The lowest BCUT2D eigenvalue weighted by Gasteiger charge is -2.25. The summed E-state index contributed by atoms with van der Waals surface area (Å²) < 4.78 is 25.0. The fourth-order valence-electron chi connectivity index (χ4n) is 4.28. The Hall–Kier alpha value is -3.06. The van der Waals surface area contributed by atoms with Gasteiger partial charge in [-0.1, -0.05) is 17.7 Å². The number of fused-ring (bicyclic) bond motifs is 1. The largest absolute Gasteiger partial charge is 0.395 e. The van der Waals surface area contributed by atoms with Crippen LogP contribution in [0.25, 0.3) is 0 Å². The van der Waals surface area contributed by atoms with Crippen LogP contribution in [0.15, 0.2) is 36.8 Å². The summed E-state index contributed by atoms with van der Waals surface area (Å²) in [6, 6.07) is 6.61. The second kappa shape index (κ2) is 11.5. The van der Waals surface area contributed by atoms with Crippen molar-refractivity contribution >= 4 is 44.9 Å². The molecule has 1 aliphatic heterocycles. The zero-order chi connectivity index (χ0) is 26.6. The lowest BCUT2D eigenvalue weighted by atomic mass is 10.00. The molecule has 4 rings (SSSR count). The molecule has 0 bridgehead atoms. The number of β-amino-alcohol motifs (C(OH)–C–C–N with tert-alkyl or cyclic N) is 1. The van der Waals surface area contributed by atoms with Gasteiger partial charge in [-0.2, -0.15) is 4.98 Å². The number of aliphatic hydroxyl groups excluding tert-OH is 1. The Morgan fingerprint density at radius 2 is 2.00 bits per heavy atom. The number of aromatic nitrogens is 4. The first-order chi connectivity index (χ1) is 17.7. The monoisotopic (exact) mass is 546 g/mol. The minimum atomic E-state index is -3.50. The molecule has 1 aliphatic rings. The lowest BCUT2D eigenvalue weighted by Crippen LogP contribution is -2.36. The SMILES string of the molecule is CC1Cc2ccc(Nc3ncc(Cl)c(NCc4nccnc4N(C)S(C)(=O)=O)n3)cc2CCN1CCO. The van der Waals surface area contributed by atoms with Crippen LogP contribution in [0, 0.1) is 0 Å². The minimum Gasteiger partial charge on any atom is -0.395 e. The van der Waals surface area contributed by atoms with E-state index in [9.17, 15) is 13.5 Å². The summed E-state index contributed by atoms with van der Waals surface area (Å²) in [5.74, 6) is 0.960. The van der Waals surface area contributed by atoms with Crippen LogP contribution in [0.4, 0.5) is 23.3 Å². The van der Waals surface area contributed by atoms with Crippen molar-refractivity contribution in [1.29, 1.82) is 0 Å². The van der Waals surface area contributed by atoms with E-state index in [-0.39, 0.29) is 19.0 Å². The van der Waals surface area contributed by atoms with Crippen LogP contribution in [0.1, 0.15) is 23.7 Å². The van der Waals surface area contributed by atoms with Crippen LogP contribution in [0.2, 0.25) is 5.02 Å². The third kappa shape index (κ3) is 6.63. The maximum Gasteiger partial charge on any atom is 0.233 e. The van der Waals surface area contributed by atoms with Crippen LogP contribution in [0.3, 0.4) is 0 Å². The fraction of sp³-hybridized carbons (Fsp3) is 0.417. The molecule has 198 valence electrons. The van der Waals surface area contributed by atoms with E-state index in [2.05, 4.69) is 54.5 Å². The average molecular weight is 547 g/mol. The Bertz CT molecular complexity index is 1360. The Morgan fingerprint density at radius 3 is 2.76 bits per heavy atom. The third-order valence-electron chi connectivity index (χ3n) is 6.37. The van der Waals surface area contributed by atoms with Crippen molar-refractivity contribution in [2.24, 2.45) is 0 Å². The maximum absolute atomic E-state index is 12.0. The number of nitrogens with zero attached hydrogens (tertiary/aromatic N) is 6. The molecular formula is C24H31ClN8O3S. The van der Waals surface area contributed by atoms with Gasteiger partial charge in [0.1, 0.15) is 10.7 Å². The Balaban J connectivity index is 1.48. The van der Waals surface area contributed by atoms with Crippen LogP contribution in [-0.4, -0.2) is 77.4 Å². The molecule has 3 aromatic rings. The van der Waals surface area contributed by atoms with Crippen LogP contribution < -0.4 is 14.9 Å². The third-order valence-corrected chi connectivity index (χ3v) is 7.82. The molecule has 3 heterocycles. The molecule has 37 heavy (non-hydrogen) atoms. The van der Waals surface area contributed by atoms with Gasteiger partial charge in [-0.05, 0) is 43.0 Å². The van der Waals surface area contributed by atoms with Crippen molar-refractivity contribution in [1.82, 2.24) is 24.8 Å². The minimum absolute atomic E-state index is 0.153. The molecule has 0 fully saturated rings. The number of anilines is 4. The molecule has 1 unspecified atom stereocenters. The first-order valence-electron chi connectivity index (χ1n) is 11.9. The second-order valence-corrected chi connectivity index (χ2v) is 11.4. The van der Waals surface area contributed by atoms with E-state index in [1.165, 1.54) is 36.8 Å². The lowest BCUT2D eigenvalue weighted by molar-refractivity contribution is 0.163. The van der Waals surface area contributed by atoms with E-state index < -0.39 is 10.0 Å². The molecule has 0 amide bonds. The predicted octanol–water partition coefficient (Wildman–Crippen LogP) is 2.45. The Kier molecular flexibility index (Phi) is 8.42. The molecule has 1 atom stereocenters. The van der Waals surface area contributed by atoms with Crippen LogP contribution in [-0.2, 0) is 29.4 Å². The highest BCUT2D eigenvalue weighted by atomic mass is 35.5. The molecule has 1 aromatic carbocycles. The zero-order valence-electron chi connectivity index (χ0n) is 21.0. The van der Waals surface area contributed by atoms with E-state index >= 15 is 0 Å². The van der Waals surface area contributed by atoms with Crippen molar-refractivity contribution < 1.29 is 13.5 Å². The van der Waals surface area contributed by atoms with Gasteiger partial charge in [0.25, 0.3) is 0 Å². The topological polar surface area (TPSA) is 136 Å². The van der Waals surface area contributed by atoms with Crippen molar-refractivity contribution in [3.8, 4) is 0 Å². The van der Waals surface area contributed by atoms with Gasteiger partial charge >= 0.3 is 0 Å². The normalized spacial score (nSPS) is 16.1. The zero-order valence-corrected chi connectivity index (χ0v) is 22.6. The highest BCUT2D eigenvalue weighted by Crippen LogP contribution is 2.26. The van der Waals surface area contributed by atoms with Crippen molar-refractivity contribution in [2.45, 2.75) is 32.4 Å². The summed E-state index contributed by atoms with van der Waals surface area (Å²) >= 11 is 6.33. The highest BCUT2D eigenvalue weighted by molar-refractivity contribution is 7.92. The van der Waals surface area contributed by atoms with Crippen molar-refractivity contribution in [3.63, 3.8) is 0 Å². The molecular weight excluding hydrogens is 516 g/mol. The second-order valence-electron chi connectivity index (χ2n) is 8.97. The fourth-order valence-corrected chi connectivity index (χ4v) is 4.90. The van der Waals surface area contributed by atoms with Gasteiger partial charge in [-0.25, -0.2) is 18.4 Å². The molecule has 0 saturated heterocycles. The highest BCUT2D eigenvalue weighted by Gasteiger charge is 2.21. The summed E-state index contributed by atoms with van der Waals surface area (Å²) in [6.45, 7) is 4.07. The van der Waals surface area contributed by atoms with Crippen LogP contribution in [0.5, 0.6) is 0 Å². The number of hydrogen-bond donors (Lipinski definition) is 3. The molecule has 3 N–H and O–H groups in total. The molecule has 0 saturated carbocycles. The summed E-state index contributed by atoms with van der Waals surface area (Å²) in [7, 11) is -2.08. The van der Waals surface area contributed by atoms with Gasteiger partial charge in [-0.3, -0.25) is 14.2 Å². The molecule has 0 radical (unpaired) electrons. The number of sulfonamides is 1. The predicted molar refractivity (Wildman–Crippen MR) is 145 cm³/mol. The number of nitrogens with one attached hydrogen (secondary N) is 2. The summed E-state index contributed by atoms with van der Waals surface area (Å²) in [5.41, 5.74) is 3.85. The van der Waals surface area contributed by atoms with E-state index in [4.69, 9.17) is 11.6 Å². The van der Waals surface area contributed by atoms with E-state index in [1.807, 2.05) is 6.07 Å². The summed E-state index contributed by atoms with van der Waals surface area (Å²) in [5, 5.41) is 16.0. The molecule has 0 aliphatic carbocycles. The van der Waals surface area contributed by atoms with Gasteiger partial charge in [-0.15, -0.1) is 0 Å². The van der Waals surface area contributed by atoms with Gasteiger partial charge < -0.3 is 15.7 Å². The van der Waals surface area contributed by atoms with Crippen LogP contribution >= 0.6 is 11.6 Å². The maximum atomic E-state index is 12.0. The number of aliphatic hydroxyl groups is 1. The van der Waals surface area contributed by atoms with Crippen molar-refractivity contribution in [2.75, 3.05) is 47.9 Å². The van der Waals surface area contributed by atoms with Gasteiger partial charge in [0.05, 0.1) is 25.6 Å². The molecule has 2 aromatic heterocycles. The smallest absolute Gasteiger partial charge is 0.233 e. The van der Waals surface area contributed by atoms with Gasteiger partial charge in [0, 0.05) is 44.3 Å². The number of halogens is 1. The first-order valence-corrected chi connectivity index (χ1v) is 14.1. The van der Waals surface area contributed by atoms with Gasteiger partial charge in [0.15, 0.2) is 11.6 Å². The molecule has 11 nitrogen and oxygen atoms in total. The van der Waals surface area contributed by atoms with E-state index in [0.717, 1.165) is 35.6 Å². The summed E-state index contributed by atoms with van der Waals surface area (Å²) in [4.78, 5) is 19.5. The molecule has 13 heteroatoms. The van der Waals surface area contributed by atoms with Crippen molar-refractivity contribution in [3.05, 3.63) is 58.6 Å². The number of rotatable bonds is 9. The average Bonchev–Trinajstić information content (AvgIpc) is 3.02. The number of benzene rings is 1. The first kappa shape index (κ1) is 27.0. The summed E-state index contributed by atoms with van der Waals surface area (Å²) in [6.07, 6.45) is 7.36. The van der Waals surface area contributed by atoms with Gasteiger partial charge in [0.2, 0.25) is 16.0 Å². The quantitative estimate of drug-likeness (QED) is 0.367. The number of hydrogen-bond acceptors (Lipinski definition) is 10. The Labute approximate surface area is 222 Å².